The van der Waals surface area contributed by atoms with Gasteiger partial charge in [0, 0.05) is 24.7 Å². The van der Waals surface area contributed by atoms with E-state index >= 15 is 0 Å². The predicted octanol–water partition coefficient (Wildman–Crippen LogP) is 4.77. The zero-order valence-corrected chi connectivity index (χ0v) is 21.1. The smallest absolute Gasteiger partial charge is 0.433 e. The topological polar surface area (TPSA) is 116 Å². The molecule has 0 fully saturated rings. The third kappa shape index (κ3) is 6.56. The van der Waals surface area contributed by atoms with E-state index < -0.39 is 34.9 Å². The van der Waals surface area contributed by atoms with Crippen molar-refractivity contribution >= 4 is 17.5 Å². The second kappa shape index (κ2) is 11.4. The molecule has 9 nitrogen and oxygen atoms in total. The SMILES string of the molecule is Cc1nc2[nH]c(=O)n(CCCOC=O)c(=O)c2c(Cc2ccc(C(F)(F)F)nc2)c1Oc1cccc(C(F)(F)F)c1. The van der Waals surface area contributed by atoms with Crippen LogP contribution >= 0.6 is 0 Å². The number of nitrogens with zero attached hydrogens (tertiary/aromatic N) is 3. The number of carbonyl (C=O) groups is 1. The molecule has 4 aromatic rings. The number of pyridine rings is 2. The summed E-state index contributed by atoms with van der Waals surface area (Å²) in [4.78, 5) is 46.7. The van der Waals surface area contributed by atoms with Gasteiger partial charge in [-0.3, -0.25) is 24.1 Å². The Hall–Kier alpha value is -4.69. The zero-order valence-electron chi connectivity index (χ0n) is 21.1. The molecule has 3 aromatic heterocycles. The Morgan fingerprint density at radius 3 is 2.44 bits per heavy atom. The van der Waals surface area contributed by atoms with Gasteiger partial charge in [0.15, 0.2) is 5.75 Å². The quantitative estimate of drug-likeness (QED) is 0.172. The van der Waals surface area contributed by atoms with Crippen molar-refractivity contribution in [3.63, 3.8) is 0 Å². The molecule has 15 heteroatoms. The van der Waals surface area contributed by atoms with Gasteiger partial charge in [0.1, 0.15) is 17.1 Å². The van der Waals surface area contributed by atoms with Crippen LogP contribution in [0.1, 0.15) is 34.5 Å². The van der Waals surface area contributed by atoms with Gasteiger partial charge in [-0.2, -0.15) is 26.3 Å². The van der Waals surface area contributed by atoms with Gasteiger partial charge in [0.2, 0.25) is 0 Å². The van der Waals surface area contributed by atoms with Crippen LogP contribution in [0.15, 0.2) is 52.2 Å². The highest BCUT2D eigenvalue weighted by molar-refractivity contribution is 5.81. The summed E-state index contributed by atoms with van der Waals surface area (Å²) in [5, 5.41) is -0.173. The first-order chi connectivity index (χ1) is 19.3. The highest BCUT2D eigenvalue weighted by Gasteiger charge is 2.33. The summed E-state index contributed by atoms with van der Waals surface area (Å²) in [7, 11) is 0. The van der Waals surface area contributed by atoms with Gasteiger partial charge in [-0.25, -0.2) is 9.78 Å². The molecule has 3 heterocycles. The molecule has 0 saturated carbocycles. The predicted molar refractivity (Wildman–Crippen MR) is 132 cm³/mol. The summed E-state index contributed by atoms with van der Waals surface area (Å²) < 4.78 is 90.2. The van der Waals surface area contributed by atoms with Gasteiger partial charge < -0.3 is 9.47 Å². The molecule has 0 amide bonds. The molecule has 41 heavy (non-hydrogen) atoms. The number of rotatable bonds is 9. The fourth-order valence-corrected chi connectivity index (χ4v) is 4.08. The van der Waals surface area contributed by atoms with Crippen LogP contribution in [-0.4, -0.2) is 32.6 Å². The van der Waals surface area contributed by atoms with Gasteiger partial charge in [-0.15, -0.1) is 0 Å². The highest BCUT2D eigenvalue weighted by Crippen LogP contribution is 2.36. The standard InChI is InChI=1S/C26H20F6N4O5/c1-14-21(41-17-5-2-4-16(11-17)25(27,28)29)18(10-15-6-7-19(33-12-15)26(30,31)32)20-22(34-14)35-24(39)36(23(20)38)8-3-9-40-13-37/h2,4-7,11-13H,3,8-10H2,1H3,(H,34,35,39). The highest BCUT2D eigenvalue weighted by atomic mass is 19.4. The largest absolute Gasteiger partial charge is 0.468 e. The number of fused-ring (bicyclic) bond motifs is 1. The summed E-state index contributed by atoms with van der Waals surface area (Å²) in [6.45, 7) is 1.37. The van der Waals surface area contributed by atoms with E-state index in [-0.39, 0.29) is 71.8 Å². The molecular formula is C26H20F6N4O5. The molecule has 0 bridgehead atoms. The number of H-pyrrole nitrogens is 1. The van der Waals surface area contributed by atoms with E-state index in [1.807, 2.05) is 0 Å². The lowest BCUT2D eigenvalue weighted by Crippen LogP contribution is -2.36. The van der Waals surface area contributed by atoms with E-state index in [4.69, 9.17) is 4.74 Å². The van der Waals surface area contributed by atoms with Crippen molar-refractivity contribution in [2.75, 3.05) is 6.61 Å². The summed E-state index contributed by atoms with van der Waals surface area (Å²) in [6.07, 6.45) is -8.59. The van der Waals surface area contributed by atoms with Crippen LogP contribution in [0.4, 0.5) is 26.3 Å². The second-order valence-electron chi connectivity index (χ2n) is 8.79. The first-order valence-corrected chi connectivity index (χ1v) is 11.9. The van der Waals surface area contributed by atoms with Crippen LogP contribution in [0.3, 0.4) is 0 Å². The average molecular weight is 582 g/mol. The van der Waals surface area contributed by atoms with Crippen molar-refractivity contribution in [1.82, 2.24) is 19.5 Å². The van der Waals surface area contributed by atoms with Gasteiger partial charge in [0.05, 0.1) is 23.3 Å². The minimum absolute atomic E-state index is 0.0469. The lowest BCUT2D eigenvalue weighted by molar-refractivity contribution is -0.141. The Morgan fingerprint density at radius 2 is 1.80 bits per heavy atom. The molecule has 0 radical (unpaired) electrons. The van der Waals surface area contributed by atoms with E-state index in [0.29, 0.717) is 0 Å². The molecule has 216 valence electrons. The fraction of sp³-hybridized carbons (Fsp3) is 0.269. The van der Waals surface area contributed by atoms with Crippen molar-refractivity contribution in [1.29, 1.82) is 0 Å². The van der Waals surface area contributed by atoms with Gasteiger partial charge in [0.25, 0.3) is 12.0 Å². The zero-order chi connectivity index (χ0) is 29.9. The summed E-state index contributed by atoms with van der Waals surface area (Å²) in [6, 6.07) is 5.82. The van der Waals surface area contributed by atoms with Crippen LogP contribution in [0.2, 0.25) is 0 Å². The first-order valence-electron chi connectivity index (χ1n) is 11.9. The van der Waals surface area contributed by atoms with E-state index in [1.54, 1.807) is 0 Å². The number of hydrogen-bond acceptors (Lipinski definition) is 7. The molecule has 1 N–H and O–H groups in total. The number of aromatic amines is 1. The second-order valence-corrected chi connectivity index (χ2v) is 8.79. The Labute approximate surface area is 226 Å². The Balaban J connectivity index is 1.90. The monoisotopic (exact) mass is 582 g/mol. The number of aromatic nitrogens is 4. The number of halogens is 6. The van der Waals surface area contributed by atoms with Crippen LogP contribution in [0, 0.1) is 6.92 Å². The molecule has 0 atom stereocenters. The van der Waals surface area contributed by atoms with Crippen LogP contribution in [0.5, 0.6) is 11.5 Å². The molecule has 4 rings (SSSR count). The Bertz CT molecular complexity index is 1700. The summed E-state index contributed by atoms with van der Waals surface area (Å²) in [5.74, 6) is -0.372. The molecule has 0 spiro atoms. The van der Waals surface area contributed by atoms with Gasteiger partial charge in [-0.1, -0.05) is 12.1 Å². The van der Waals surface area contributed by atoms with E-state index in [1.165, 1.54) is 13.0 Å². The van der Waals surface area contributed by atoms with E-state index in [9.17, 15) is 40.7 Å². The molecular weight excluding hydrogens is 562 g/mol. The van der Waals surface area contributed by atoms with Gasteiger partial charge in [-0.05, 0) is 43.2 Å². The van der Waals surface area contributed by atoms with Crippen LogP contribution in [-0.2, 0) is 34.8 Å². The molecule has 0 unspecified atom stereocenters. The maximum absolute atomic E-state index is 13.5. The molecule has 1 aromatic carbocycles. The number of nitrogens with one attached hydrogen (secondary N) is 1. The van der Waals surface area contributed by atoms with Gasteiger partial charge >= 0.3 is 18.0 Å². The first kappa shape index (κ1) is 29.3. The maximum atomic E-state index is 13.5. The number of benzene rings is 1. The van der Waals surface area contributed by atoms with Crippen molar-refractivity contribution in [2.45, 2.75) is 38.7 Å². The lowest BCUT2D eigenvalue weighted by atomic mass is 10.0. The number of aryl methyl sites for hydroxylation is 1. The fourth-order valence-electron chi connectivity index (χ4n) is 4.08. The number of carbonyl (C=O) groups excluding carboxylic acids is 1. The van der Waals surface area contributed by atoms with Crippen molar-refractivity contribution in [3.8, 4) is 11.5 Å². The number of alkyl halides is 6. The van der Waals surface area contributed by atoms with Crippen molar-refractivity contribution in [2.24, 2.45) is 0 Å². The van der Waals surface area contributed by atoms with E-state index in [0.717, 1.165) is 41.1 Å². The number of ether oxygens (including phenoxy) is 2. The molecule has 0 aliphatic rings. The Kier molecular flexibility index (Phi) is 8.17. The molecule has 0 saturated heterocycles. The minimum Gasteiger partial charge on any atom is -0.468 e. The third-order valence-corrected chi connectivity index (χ3v) is 5.94. The summed E-state index contributed by atoms with van der Waals surface area (Å²) >= 11 is 0. The molecule has 0 aliphatic heterocycles. The van der Waals surface area contributed by atoms with E-state index in [2.05, 4.69) is 19.7 Å². The lowest BCUT2D eigenvalue weighted by Gasteiger charge is -2.17. The average Bonchev–Trinajstić information content (AvgIpc) is 2.89. The van der Waals surface area contributed by atoms with Crippen molar-refractivity contribution in [3.05, 3.63) is 91.5 Å². The molecule has 0 aliphatic carbocycles. The van der Waals surface area contributed by atoms with Crippen molar-refractivity contribution < 1.29 is 40.6 Å². The summed E-state index contributed by atoms with van der Waals surface area (Å²) in [5.41, 5.74) is -3.65. The van der Waals surface area contributed by atoms with Crippen LogP contribution < -0.4 is 16.0 Å². The third-order valence-electron chi connectivity index (χ3n) is 5.94. The maximum Gasteiger partial charge on any atom is 0.433 e. The normalized spacial score (nSPS) is 12.0. The van der Waals surface area contributed by atoms with Crippen LogP contribution in [0.25, 0.3) is 11.0 Å². The minimum atomic E-state index is -4.70. The number of hydrogen-bond donors (Lipinski definition) is 1. The Morgan fingerprint density at radius 1 is 1.05 bits per heavy atom.